The minimum Gasteiger partial charge on any atom is -0.508 e. The summed E-state index contributed by atoms with van der Waals surface area (Å²) >= 11 is 0. The van der Waals surface area contributed by atoms with Gasteiger partial charge in [0.1, 0.15) is 5.75 Å². The van der Waals surface area contributed by atoms with Crippen LogP contribution in [0.1, 0.15) is 50.7 Å². The van der Waals surface area contributed by atoms with Crippen molar-refractivity contribution in [2.45, 2.75) is 46.5 Å². The lowest BCUT2D eigenvalue weighted by atomic mass is 9.92. The van der Waals surface area contributed by atoms with Gasteiger partial charge in [-0.25, -0.2) is 0 Å². The molecule has 1 aromatic rings. The molecule has 0 saturated carbocycles. The van der Waals surface area contributed by atoms with E-state index in [2.05, 4.69) is 33.8 Å². The Kier molecular flexibility index (Phi) is 4.60. The lowest BCUT2D eigenvalue weighted by molar-refractivity contribution is 0.474. The second kappa shape index (κ2) is 5.74. The Balaban J connectivity index is 2.66. The molecule has 0 spiro atoms. The highest BCUT2D eigenvalue weighted by Gasteiger charge is 2.07. The van der Waals surface area contributed by atoms with E-state index in [1.54, 1.807) is 6.07 Å². The maximum atomic E-state index is 9.36. The fourth-order valence-corrected chi connectivity index (χ4v) is 1.99. The fourth-order valence-electron chi connectivity index (χ4n) is 1.99. The van der Waals surface area contributed by atoms with E-state index in [4.69, 9.17) is 0 Å². The average molecular weight is 218 g/mol. The van der Waals surface area contributed by atoms with Crippen LogP contribution in [0, 0.1) is 6.92 Å². The highest BCUT2D eigenvalue weighted by molar-refractivity contribution is 5.35. The Labute approximate surface area is 98.8 Å². The topological polar surface area (TPSA) is 20.2 Å². The number of phenolic OH excluding ortho intramolecular Hbond substituents is 1. The number of phenols is 1. The maximum Gasteiger partial charge on any atom is 0.115 e. The Morgan fingerprint density at radius 1 is 1.38 bits per heavy atom. The van der Waals surface area contributed by atoms with Gasteiger partial charge in [0, 0.05) is 0 Å². The predicted octanol–water partition coefficient (Wildman–Crippen LogP) is 4.55. The minimum absolute atomic E-state index is 0.359. The molecule has 0 radical (unpaired) electrons. The Bertz CT molecular complexity index is 373. The fraction of sp³-hybridized carbons (Fsp3) is 0.467. The van der Waals surface area contributed by atoms with Crippen molar-refractivity contribution >= 4 is 0 Å². The molecule has 1 aromatic carbocycles. The van der Waals surface area contributed by atoms with E-state index >= 15 is 0 Å². The quantitative estimate of drug-likeness (QED) is 0.735. The van der Waals surface area contributed by atoms with Gasteiger partial charge in [0.05, 0.1) is 0 Å². The average Bonchev–Trinajstić information content (AvgIpc) is 2.16. The molecular weight excluding hydrogens is 196 g/mol. The van der Waals surface area contributed by atoms with Crippen molar-refractivity contribution in [2.24, 2.45) is 0 Å². The van der Waals surface area contributed by atoms with Crippen LogP contribution in [0.25, 0.3) is 0 Å². The molecule has 1 unspecified atom stereocenters. The molecule has 0 fully saturated rings. The molecule has 1 rings (SSSR count). The van der Waals surface area contributed by atoms with Crippen LogP contribution in [0.15, 0.2) is 29.8 Å². The zero-order valence-corrected chi connectivity index (χ0v) is 10.7. The third-order valence-corrected chi connectivity index (χ3v) is 2.94. The van der Waals surface area contributed by atoms with Gasteiger partial charge in [0.25, 0.3) is 0 Å². The maximum absolute atomic E-state index is 9.36. The zero-order chi connectivity index (χ0) is 12.1. The summed E-state index contributed by atoms with van der Waals surface area (Å²) in [4.78, 5) is 0. The first kappa shape index (κ1) is 12.8. The van der Waals surface area contributed by atoms with Crippen molar-refractivity contribution in [1.29, 1.82) is 0 Å². The van der Waals surface area contributed by atoms with E-state index in [1.165, 1.54) is 16.7 Å². The van der Waals surface area contributed by atoms with Crippen LogP contribution >= 0.6 is 0 Å². The van der Waals surface area contributed by atoms with Crippen molar-refractivity contribution in [1.82, 2.24) is 0 Å². The van der Waals surface area contributed by atoms with Crippen LogP contribution in [0.4, 0.5) is 0 Å². The van der Waals surface area contributed by atoms with Gasteiger partial charge in [-0.2, -0.15) is 0 Å². The molecule has 0 bridgehead atoms. The van der Waals surface area contributed by atoms with Crippen LogP contribution in [0.3, 0.4) is 0 Å². The van der Waals surface area contributed by atoms with Crippen LogP contribution in [-0.4, -0.2) is 5.11 Å². The van der Waals surface area contributed by atoms with Gasteiger partial charge in [-0.05, 0) is 62.8 Å². The molecule has 1 atom stereocenters. The summed E-state index contributed by atoms with van der Waals surface area (Å²) < 4.78 is 0. The molecule has 0 heterocycles. The first-order valence-electron chi connectivity index (χ1n) is 5.93. The number of allylic oxidation sites excluding steroid dienone is 2. The molecule has 0 aliphatic carbocycles. The van der Waals surface area contributed by atoms with Crippen LogP contribution in [0.2, 0.25) is 0 Å². The van der Waals surface area contributed by atoms with Crippen molar-refractivity contribution < 1.29 is 5.11 Å². The Morgan fingerprint density at radius 3 is 2.62 bits per heavy atom. The van der Waals surface area contributed by atoms with Gasteiger partial charge in [0.2, 0.25) is 0 Å². The number of hydrogen-bond donors (Lipinski definition) is 1. The van der Waals surface area contributed by atoms with Crippen molar-refractivity contribution in [3.8, 4) is 5.75 Å². The summed E-state index contributed by atoms with van der Waals surface area (Å²) in [5.41, 5.74) is 3.92. The van der Waals surface area contributed by atoms with E-state index in [9.17, 15) is 5.11 Å². The van der Waals surface area contributed by atoms with Gasteiger partial charge in [-0.15, -0.1) is 0 Å². The van der Waals surface area contributed by atoms with Crippen LogP contribution in [-0.2, 0) is 0 Å². The summed E-state index contributed by atoms with van der Waals surface area (Å²) in [5, 5.41) is 9.36. The molecule has 0 amide bonds. The first-order chi connectivity index (χ1) is 7.50. The van der Waals surface area contributed by atoms with Crippen molar-refractivity contribution in [3.05, 3.63) is 41.0 Å². The summed E-state index contributed by atoms with van der Waals surface area (Å²) in [7, 11) is 0. The van der Waals surface area contributed by atoms with Crippen molar-refractivity contribution in [3.63, 3.8) is 0 Å². The second-order valence-electron chi connectivity index (χ2n) is 4.80. The normalized spacial score (nSPS) is 12.2. The van der Waals surface area contributed by atoms with Gasteiger partial charge >= 0.3 is 0 Å². The highest BCUT2D eigenvalue weighted by Crippen LogP contribution is 2.26. The van der Waals surface area contributed by atoms with E-state index < -0.39 is 0 Å². The van der Waals surface area contributed by atoms with E-state index in [0.717, 1.165) is 12.8 Å². The number of rotatable bonds is 4. The third kappa shape index (κ3) is 3.73. The van der Waals surface area contributed by atoms with Gasteiger partial charge in [-0.1, -0.05) is 24.6 Å². The molecule has 1 N–H and O–H groups in total. The van der Waals surface area contributed by atoms with E-state index in [-0.39, 0.29) is 0 Å². The number of aromatic hydroxyl groups is 1. The number of benzene rings is 1. The standard InChI is InChI=1S/C15H22O/c1-11(2)6-5-7-12(3)15-9-8-14(16)10-13(15)4/h6,8-10,12,16H,5,7H2,1-4H3. The SMILES string of the molecule is CC(C)=CCCC(C)c1ccc(O)cc1C. The lowest BCUT2D eigenvalue weighted by Gasteiger charge is -2.14. The predicted molar refractivity (Wildman–Crippen MR) is 69.9 cm³/mol. The van der Waals surface area contributed by atoms with Crippen molar-refractivity contribution in [2.75, 3.05) is 0 Å². The van der Waals surface area contributed by atoms with Gasteiger partial charge in [-0.3, -0.25) is 0 Å². The molecule has 1 nitrogen and oxygen atoms in total. The first-order valence-corrected chi connectivity index (χ1v) is 5.93. The summed E-state index contributed by atoms with van der Waals surface area (Å²) in [5.74, 6) is 0.911. The molecule has 1 heteroatoms. The van der Waals surface area contributed by atoms with Crippen LogP contribution in [0.5, 0.6) is 5.75 Å². The Morgan fingerprint density at radius 2 is 2.06 bits per heavy atom. The van der Waals surface area contributed by atoms with Gasteiger partial charge < -0.3 is 5.11 Å². The third-order valence-electron chi connectivity index (χ3n) is 2.94. The minimum atomic E-state index is 0.359. The number of hydrogen-bond acceptors (Lipinski definition) is 1. The molecular formula is C15H22O. The van der Waals surface area contributed by atoms with Gasteiger partial charge in [0.15, 0.2) is 0 Å². The smallest absolute Gasteiger partial charge is 0.115 e. The molecule has 88 valence electrons. The van der Waals surface area contributed by atoms with E-state index in [0.29, 0.717) is 11.7 Å². The monoisotopic (exact) mass is 218 g/mol. The highest BCUT2D eigenvalue weighted by atomic mass is 16.3. The lowest BCUT2D eigenvalue weighted by Crippen LogP contribution is -1.96. The number of aryl methyl sites for hydroxylation is 1. The van der Waals surface area contributed by atoms with E-state index in [1.807, 2.05) is 12.1 Å². The molecule has 16 heavy (non-hydrogen) atoms. The van der Waals surface area contributed by atoms with Crippen LogP contribution < -0.4 is 0 Å². The molecule has 0 aliphatic heterocycles. The molecule has 0 saturated heterocycles. The molecule has 0 aromatic heterocycles. The summed E-state index contributed by atoms with van der Waals surface area (Å²) in [6.45, 7) is 8.58. The molecule has 0 aliphatic rings. The Hall–Kier alpha value is -1.24. The second-order valence-corrected chi connectivity index (χ2v) is 4.80. The zero-order valence-electron chi connectivity index (χ0n) is 10.7. The summed E-state index contributed by atoms with van der Waals surface area (Å²) in [6.07, 6.45) is 4.58. The summed E-state index contributed by atoms with van der Waals surface area (Å²) in [6, 6.07) is 5.66. The largest absolute Gasteiger partial charge is 0.508 e.